The van der Waals surface area contributed by atoms with Gasteiger partial charge in [-0.3, -0.25) is 4.79 Å². The Morgan fingerprint density at radius 3 is 2.54 bits per heavy atom. The minimum atomic E-state index is -1.18. The highest BCUT2D eigenvalue weighted by molar-refractivity contribution is 6.34. The molecule has 2 aromatic rings. The third kappa shape index (κ3) is 4.37. The van der Waals surface area contributed by atoms with Crippen LogP contribution in [0.25, 0.3) is 0 Å². The molecule has 0 heterocycles. The van der Waals surface area contributed by atoms with Gasteiger partial charge in [0.25, 0.3) is 5.91 Å². The standard InChI is InChI=1S/C18H19ClN2O5/c1-3-6-26-15-5-4-10(7-13(15)20)17(22)21-14-9-16(25-2)11(18(23)24)8-12(14)19/h4-5,7-9H,3,6,20H2,1-2H3,(H,21,22)(H,23,24). The Bertz CT molecular complexity index is 839. The molecule has 4 N–H and O–H groups in total. The van der Waals surface area contributed by atoms with Crippen molar-refractivity contribution in [3.63, 3.8) is 0 Å². The Morgan fingerprint density at radius 2 is 1.96 bits per heavy atom. The Hall–Kier alpha value is -2.93. The summed E-state index contributed by atoms with van der Waals surface area (Å²) in [6.07, 6.45) is 0.842. The first kappa shape index (κ1) is 19.4. The summed E-state index contributed by atoms with van der Waals surface area (Å²) in [7, 11) is 1.33. The van der Waals surface area contributed by atoms with E-state index in [9.17, 15) is 9.59 Å². The first-order chi connectivity index (χ1) is 12.4. The summed E-state index contributed by atoms with van der Waals surface area (Å²) in [4.78, 5) is 23.6. The van der Waals surface area contributed by atoms with Crippen molar-refractivity contribution in [3.8, 4) is 11.5 Å². The molecule has 0 saturated heterocycles. The van der Waals surface area contributed by atoms with Gasteiger partial charge in [0.15, 0.2) is 0 Å². The number of rotatable bonds is 7. The average Bonchev–Trinajstić information content (AvgIpc) is 2.61. The molecule has 8 heteroatoms. The normalized spacial score (nSPS) is 10.3. The highest BCUT2D eigenvalue weighted by atomic mass is 35.5. The van der Waals surface area contributed by atoms with Crippen LogP contribution in [-0.2, 0) is 0 Å². The molecule has 138 valence electrons. The Kier molecular flexibility index (Phi) is 6.30. The monoisotopic (exact) mass is 378 g/mol. The number of nitrogens with two attached hydrogens (primary N) is 1. The van der Waals surface area contributed by atoms with E-state index in [2.05, 4.69) is 5.32 Å². The second-order valence-corrected chi connectivity index (χ2v) is 5.80. The van der Waals surface area contributed by atoms with E-state index in [4.69, 9.17) is 31.9 Å². The van der Waals surface area contributed by atoms with Crippen molar-refractivity contribution >= 4 is 34.9 Å². The van der Waals surface area contributed by atoms with Gasteiger partial charge in [-0.05, 0) is 30.7 Å². The molecule has 26 heavy (non-hydrogen) atoms. The lowest BCUT2D eigenvalue weighted by molar-refractivity contribution is 0.0693. The topological polar surface area (TPSA) is 111 Å². The summed E-state index contributed by atoms with van der Waals surface area (Å²) in [5.74, 6) is -1.04. The summed E-state index contributed by atoms with van der Waals surface area (Å²) in [5, 5.41) is 11.8. The van der Waals surface area contributed by atoms with Crippen LogP contribution in [-0.4, -0.2) is 30.7 Å². The number of hydrogen-bond acceptors (Lipinski definition) is 5. The zero-order valence-electron chi connectivity index (χ0n) is 14.3. The van der Waals surface area contributed by atoms with Crippen LogP contribution >= 0.6 is 11.6 Å². The van der Waals surface area contributed by atoms with Gasteiger partial charge < -0.3 is 25.6 Å². The number of anilines is 2. The van der Waals surface area contributed by atoms with Crippen LogP contribution in [0, 0.1) is 0 Å². The smallest absolute Gasteiger partial charge is 0.339 e. The molecule has 0 aliphatic rings. The number of amides is 1. The number of hydrogen-bond donors (Lipinski definition) is 3. The lowest BCUT2D eigenvalue weighted by Crippen LogP contribution is -2.13. The van der Waals surface area contributed by atoms with Crippen molar-refractivity contribution < 1.29 is 24.2 Å². The van der Waals surface area contributed by atoms with Crippen molar-refractivity contribution in [2.75, 3.05) is 24.8 Å². The van der Waals surface area contributed by atoms with Gasteiger partial charge in [0.1, 0.15) is 17.1 Å². The Labute approximate surface area is 155 Å². The number of benzene rings is 2. The molecule has 0 saturated carbocycles. The molecule has 2 rings (SSSR count). The van der Waals surface area contributed by atoms with E-state index in [0.717, 1.165) is 6.42 Å². The summed E-state index contributed by atoms with van der Waals surface area (Å²) in [6, 6.07) is 7.26. The maximum atomic E-state index is 12.4. The molecule has 0 radical (unpaired) electrons. The first-order valence-corrected chi connectivity index (χ1v) is 8.19. The van der Waals surface area contributed by atoms with Gasteiger partial charge in [-0.1, -0.05) is 18.5 Å². The van der Waals surface area contributed by atoms with Crippen molar-refractivity contribution in [2.45, 2.75) is 13.3 Å². The molecule has 0 spiro atoms. The lowest BCUT2D eigenvalue weighted by atomic mass is 10.1. The maximum Gasteiger partial charge on any atom is 0.339 e. The average molecular weight is 379 g/mol. The zero-order valence-corrected chi connectivity index (χ0v) is 15.1. The molecule has 1 amide bonds. The predicted octanol–water partition coefficient (Wildman–Crippen LogP) is 3.67. The summed E-state index contributed by atoms with van der Waals surface area (Å²) < 4.78 is 10.5. The van der Waals surface area contributed by atoms with Crippen LogP contribution in [0.3, 0.4) is 0 Å². The molecular formula is C18H19ClN2O5. The van der Waals surface area contributed by atoms with E-state index >= 15 is 0 Å². The number of aromatic carboxylic acids is 1. The highest BCUT2D eigenvalue weighted by Gasteiger charge is 2.17. The van der Waals surface area contributed by atoms with E-state index in [1.165, 1.54) is 25.3 Å². The zero-order chi connectivity index (χ0) is 19.3. The van der Waals surface area contributed by atoms with Crippen LogP contribution in [0.4, 0.5) is 11.4 Å². The highest BCUT2D eigenvalue weighted by Crippen LogP contribution is 2.31. The molecule has 0 aromatic heterocycles. The van der Waals surface area contributed by atoms with E-state index in [-0.39, 0.29) is 22.0 Å². The number of ether oxygens (including phenoxy) is 2. The number of carbonyl (C=O) groups excluding carboxylic acids is 1. The molecule has 0 aliphatic carbocycles. The predicted molar refractivity (Wildman–Crippen MR) is 99.6 cm³/mol. The minimum Gasteiger partial charge on any atom is -0.496 e. The van der Waals surface area contributed by atoms with E-state index in [0.29, 0.717) is 23.6 Å². The van der Waals surface area contributed by atoms with E-state index < -0.39 is 11.9 Å². The summed E-state index contributed by atoms with van der Waals surface area (Å²) in [6.45, 7) is 2.51. The summed E-state index contributed by atoms with van der Waals surface area (Å²) in [5.41, 5.74) is 6.68. The van der Waals surface area contributed by atoms with Gasteiger partial charge in [0.05, 0.1) is 30.1 Å². The summed E-state index contributed by atoms with van der Waals surface area (Å²) >= 11 is 6.07. The molecule has 7 nitrogen and oxygen atoms in total. The second kappa shape index (κ2) is 8.44. The van der Waals surface area contributed by atoms with E-state index in [1.807, 2.05) is 6.92 Å². The Balaban J connectivity index is 2.24. The number of carboxylic acids is 1. The van der Waals surface area contributed by atoms with Crippen molar-refractivity contribution in [3.05, 3.63) is 46.5 Å². The molecule has 0 fully saturated rings. The number of methoxy groups -OCH3 is 1. The van der Waals surface area contributed by atoms with E-state index in [1.54, 1.807) is 12.1 Å². The van der Waals surface area contributed by atoms with Crippen molar-refractivity contribution in [1.29, 1.82) is 0 Å². The molecule has 0 atom stereocenters. The lowest BCUT2D eigenvalue weighted by Gasteiger charge is -2.13. The van der Waals surface area contributed by atoms with Gasteiger partial charge in [-0.25, -0.2) is 4.79 Å². The third-order valence-electron chi connectivity index (χ3n) is 3.50. The molecular weight excluding hydrogens is 360 g/mol. The molecule has 0 bridgehead atoms. The van der Waals surface area contributed by atoms with Crippen LogP contribution in [0.1, 0.15) is 34.1 Å². The molecule has 0 aliphatic heterocycles. The fraction of sp³-hybridized carbons (Fsp3) is 0.222. The molecule has 2 aromatic carbocycles. The van der Waals surface area contributed by atoms with Crippen molar-refractivity contribution in [1.82, 2.24) is 0 Å². The minimum absolute atomic E-state index is 0.0763. The quantitative estimate of drug-likeness (QED) is 0.634. The van der Waals surface area contributed by atoms with Gasteiger partial charge in [-0.15, -0.1) is 0 Å². The number of nitrogens with one attached hydrogen (secondary N) is 1. The second-order valence-electron chi connectivity index (χ2n) is 5.39. The van der Waals surface area contributed by atoms with Gasteiger partial charge in [-0.2, -0.15) is 0 Å². The number of nitrogen functional groups attached to an aromatic ring is 1. The fourth-order valence-electron chi connectivity index (χ4n) is 2.21. The van der Waals surface area contributed by atoms with Crippen LogP contribution in [0.15, 0.2) is 30.3 Å². The van der Waals surface area contributed by atoms with Crippen molar-refractivity contribution in [2.24, 2.45) is 0 Å². The third-order valence-corrected chi connectivity index (χ3v) is 3.81. The number of halogens is 1. The van der Waals surface area contributed by atoms with Gasteiger partial charge >= 0.3 is 5.97 Å². The van der Waals surface area contributed by atoms with Crippen LogP contribution < -0.4 is 20.5 Å². The Morgan fingerprint density at radius 1 is 1.23 bits per heavy atom. The largest absolute Gasteiger partial charge is 0.496 e. The number of carboxylic acid groups (broad SMARTS) is 1. The number of carbonyl (C=O) groups is 2. The van der Waals surface area contributed by atoms with Crippen LogP contribution in [0.5, 0.6) is 11.5 Å². The van der Waals surface area contributed by atoms with Gasteiger partial charge in [0.2, 0.25) is 0 Å². The SMILES string of the molecule is CCCOc1ccc(C(=O)Nc2cc(OC)c(C(=O)O)cc2Cl)cc1N. The maximum absolute atomic E-state index is 12.4. The van der Waals surface area contributed by atoms with Gasteiger partial charge in [0, 0.05) is 11.6 Å². The molecule has 0 unspecified atom stereocenters. The fourth-order valence-corrected chi connectivity index (χ4v) is 2.42. The first-order valence-electron chi connectivity index (χ1n) is 7.81. The van der Waals surface area contributed by atoms with Crippen LogP contribution in [0.2, 0.25) is 5.02 Å².